The number of benzene rings is 1. The van der Waals surface area contributed by atoms with Crippen LogP contribution in [0.2, 0.25) is 0 Å². The quantitative estimate of drug-likeness (QED) is 0.464. The molecule has 0 heterocycles. The second kappa shape index (κ2) is 8.23. The van der Waals surface area contributed by atoms with Gasteiger partial charge >= 0.3 is 0 Å². The van der Waals surface area contributed by atoms with Crippen LogP contribution >= 0.6 is 0 Å². The van der Waals surface area contributed by atoms with Gasteiger partial charge in [0.25, 0.3) is 5.91 Å². The lowest BCUT2D eigenvalue weighted by Gasteiger charge is -2.12. The van der Waals surface area contributed by atoms with Crippen LogP contribution in [0.4, 0.5) is 5.69 Å². The van der Waals surface area contributed by atoms with Gasteiger partial charge in [-0.1, -0.05) is 0 Å². The van der Waals surface area contributed by atoms with Crippen LogP contribution in [-0.2, 0) is 14.8 Å². The highest BCUT2D eigenvalue weighted by Gasteiger charge is 2.16. The van der Waals surface area contributed by atoms with Gasteiger partial charge in [-0.2, -0.15) is 0 Å². The van der Waals surface area contributed by atoms with E-state index < -0.39 is 10.0 Å². The van der Waals surface area contributed by atoms with Crippen molar-refractivity contribution >= 4 is 21.6 Å². The molecule has 0 spiro atoms. The number of quaternary nitrogens is 2. The molecule has 8 heteroatoms. The zero-order valence-electron chi connectivity index (χ0n) is 13.6. The van der Waals surface area contributed by atoms with Crippen molar-refractivity contribution in [2.24, 2.45) is 0 Å². The summed E-state index contributed by atoms with van der Waals surface area (Å²) >= 11 is 0. The molecule has 1 rings (SSSR count). The first-order valence-electron chi connectivity index (χ1n) is 7.16. The fourth-order valence-electron chi connectivity index (χ4n) is 1.76. The molecule has 22 heavy (non-hydrogen) atoms. The minimum absolute atomic E-state index is 0.100. The summed E-state index contributed by atoms with van der Waals surface area (Å²) in [5, 5.41) is 4.70. The number of hydrogen-bond acceptors (Lipinski definition) is 3. The van der Waals surface area contributed by atoms with E-state index in [0.29, 0.717) is 12.2 Å². The molecule has 1 amide bonds. The van der Waals surface area contributed by atoms with Gasteiger partial charge in [0.15, 0.2) is 6.54 Å². The van der Waals surface area contributed by atoms with Crippen molar-refractivity contribution in [3.8, 4) is 0 Å². The maximum atomic E-state index is 11.9. The Bertz CT molecular complexity index is 583. The van der Waals surface area contributed by atoms with Crippen LogP contribution in [0.15, 0.2) is 29.2 Å². The maximum absolute atomic E-state index is 11.9. The Balaban J connectivity index is 2.53. The maximum Gasteiger partial charge on any atom is 0.279 e. The third kappa shape index (κ3) is 5.72. The predicted octanol–water partition coefficient (Wildman–Crippen LogP) is -2.42. The van der Waals surface area contributed by atoms with E-state index in [4.69, 9.17) is 0 Å². The Kier molecular flexibility index (Phi) is 6.95. The van der Waals surface area contributed by atoms with Gasteiger partial charge in [0, 0.05) is 19.8 Å². The van der Waals surface area contributed by atoms with Crippen molar-refractivity contribution in [1.82, 2.24) is 4.31 Å². The predicted molar refractivity (Wildman–Crippen MR) is 85.3 cm³/mol. The van der Waals surface area contributed by atoms with E-state index in [-0.39, 0.29) is 10.8 Å². The number of nitrogens with two attached hydrogens (primary N) is 1. The smallest absolute Gasteiger partial charge is 0.279 e. The highest BCUT2D eigenvalue weighted by molar-refractivity contribution is 7.89. The molecule has 0 aliphatic carbocycles. The number of sulfonamides is 1. The van der Waals surface area contributed by atoms with E-state index in [9.17, 15) is 13.2 Å². The molecule has 0 bridgehead atoms. The van der Waals surface area contributed by atoms with Crippen LogP contribution in [-0.4, -0.2) is 66.5 Å². The van der Waals surface area contributed by atoms with Crippen LogP contribution in [0.5, 0.6) is 0 Å². The van der Waals surface area contributed by atoms with Crippen LogP contribution in [0.25, 0.3) is 0 Å². The molecule has 0 radical (unpaired) electrons. The number of nitrogens with one attached hydrogen (secondary N) is 2. The van der Waals surface area contributed by atoms with Crippen LogP contribution in [0.1, 0.15) is 0 Å². The van der Waals surface area contributed by atoms with Gasteiger partial charge in [-0.3, -0.25) is 4.79 Å². The fourth-order valence-corrected chi connectivity index (χ4v) is 2.66. The lowest BCUT2D eigenvalue weighted by atomic mass is 10.3. The fraction of sp³-hybridized carbons (Fsp3) is 0.500. The van der Waals surface area contributed by atoms with Crippen LogP contribution in [0.3, 0.4) is 0 Å². The molecule has 0 fully saturated rings. The Labute approximate surface area is 132 Å². The molecule has 0 saturated heterocycles. The van der Waals surface area contributed by atoms with Crippen molar-refractivity contribution in [2.75, 3.05) is 53.1 Å². The lowest BCUT2D eigenvalue weighted by molar-refractivity contribution is -0.873. The minimum Gasteiger partial charge on any atom is -0.335 e. The summed E-state index contributed by atoms with van der Waals surface area (Å²) in [6, 6.07) is 6.17. The SMILES string of the molecule is CN(C)S(=O)(=O)c1ccc(NC(=O)C[NH2+]CC[NH+](C)C)cc1. The first-order chi connectivity index (χ1) is 10.2. The average molecular weight is 330 g/mol. The highest BCUT2D eigenvalue weighted by atomic mass is 32.2. The molecule has 7 nitrogen and oxygen atoms in total. The standard InChI is InChI=1S/C14H24N4O3S/c1-17(2)10-9-15-11-14(19)16-12-5-7-13(8-6-12)22(20,21)18(3)4/h5-8,15H,9-11H2,1-4H3,(H,16,19)/p+2. The van der Waals surface area contributed by atoms with Gasteiger partial charge in [0.2, 0.25) is 10.0 Å². The van der Waals surface area contributed by atoms with Crippen LogP contribution < -0.4 is 15.5 Å². The second-order valence-corrected chi connectivity index (χ2v) is 7.75. The lowest BCUT2D eigenvalue weighted by Crippen LogP contribution is -3.09. The van der Waals surface area contributed by atoms with Gasteiger partial charge in [0.05, 0.1) is 19.0 Å². The number of carbonyl (C=O) groups excluding carboxylic acids is 1. The van der Waals surface area contributed by atoms with Gasteiger partial charge in [-0.15, -0.1) is 0 Å². The molecule has 0 aliphatic rings. The zero-order valence-corrected chi connectivity index (χ0v) is 14.4. The van der Waals surface area contributed by atoms with E-state index in [0.717, 1.165) is 17.4 Å². The second-order valence-electron chi connectivity index (χ2n) is 5.60. The molecular weight excluding hydrogens is 304 g/mol. The summed E-state index contributed by atoms with van der Waals surface area (Å²) < 4.78 is 25.0. The topological polar surface area (TPSA) is 87.5 Å². The summed E-state index contributed by atoms with van der Waals surface area (Å²) in [6.07, 6.45) is 0. The number of nitrogens with zero attached hydrogens (tertiary/aromatic N) is 1. The molecule has 0 atom stereocenters. The number of likely N-dealkylation sites (N-methyl/N-ethyl adjacent to an activating group) is 1. The number of carbonyl (C=O) groups is 1. The van der Waals surface area contributed by atoms with Crippen molar-refractivity contribution in [3.63, 3.8) is 0 Å². The molecule has 0 aliphatic heterocycles. The first kappa shape index (κ1) is 18.6. The van der Waals surface area contributed by atoms with Crippen molar-refractivity contribution in [3.05, 3.63) is 24.3 Å². The number of rotatable bonds is 8. The Morgan fingerprint density at radius 1 is 1.23 bits per heavy atom. The molecule has 0 saturated carbocycles. The number of anilines is 1. The summed E-state index contributed by atoms with van der Waals surface area (Å²) in [4.78, 5) is 13.3. The molecule has 124 valence electrons. The van der Waals surface area contributed by atoms with E-state index in [1.165, 1.54) is 31.1 Å². The van der Waals surface area contributed by atoms with Crippen molar-refractivity contribution in [2.45, 2.75) is 4.90 Å². The molecule has 0 unspecified atom stereocenters. The molecule has 1 aromatic carbocycles. The van der Waals surface area contributed by atoms with Crippen molar-refractivity contribution in [1.29, 1.82) is 0 Å². The summed E-state index contributed by atoms with van der Waals surface area (Å²) in [5.41, 5.74) is 0.592. The normalized spacial score (nSPS) is 11.9. The average Bonchev–Trinajstić information content (AvgIpc) is 2.44. The minimum atomic E-state index is -3.44. The number of amides is 1. The van der Waals surface area contributed by atoms with Gasteiger partial charge in [-0.25, -0.2) is 12.7 Å². The Hall–Kier alpha value is -1.48. The monoisotopic (exact) mass is 330 g/mol. The van der Waals surface area contributed by atoms with Gasteiger partial charge < -0.3 is 15.5 Å². The Morgan fingerprint density at radius 3 is 2.32 bits per heavy atom. The summed E-state index contributed by atoms with van der Waals surface area (Å²) in [6.45, 7) is 2.23. The summed E-state index contributed by atoms with van der Waals surface area (Å²) in [7, 11) is 3.66. The third-order valence-corrected chi connectivity index (χ3v) is 4.92. The molecule has 0 aromatic heterocycles. The Morgan fingerprint density at radius 2 is 1.82 bits per heavy atom. The van der Waals surface area contributed by atoms with E-state index in [2.05, 4.69) is 19.4 Å². The van der Waals surface area contributed by atoms with E-state index >= 15 is 0 Å². The van der Waals surface area contributed by atoms with Gasteiger partial charge in [0.1, 0.15) is 13.1 Å². The number of hydrogen-bond donors (Lipinski definition) is 3. The molecule has 1 aromatic rings. The van der Waals surface area contributed by atoms with Crippen LogP contribution in [0, 0.1) is 0 Å². The highest BCUT2D eigenvalue weighted by Crippen LogP contribution is 2.16. The third-order valence-electron chi connectivity index (χ3n) is 3.09. The first-order valence-corrected chi connectivity index (χ1v) is 8.60. The van der Waals surface area contributed by atoms with E-state index in [1.807, 2.05) is 5.32 Å². The van der Waals surface area contributed by atoms with E-state index in [1.54, 1.807) is 12.1 Å². The van der Waals surface area contributed by atoms with Gasteiger partial charge in [-0.05, 0) is 24.3 Å². The van der Waals surface area contributed by atoms with Crippen molar-refractivity contribution < 1.29 is 23.4 Å². The summed E-state index contributed by atoms with van der Waals surface area (Å²) in [5.74, 6) is -0.100. The molecular formula is C14H26N4O3S+2. The molecule has 4 N–H and O–H groups in total. The zero-order chi connectivity index (χ0) is 16.8. The largest absolute Gasteiger partial charge is 0.335 e.